The van der Waals surface area contributed by atoms with Gasteiger partial charge in [0.1, 0.15) is 17.9 Å². The van der Waals surface area contributed by atoms with Gasteiger partial charge in [0.05, 0.1) is 0 Å². The molecule has 1 aromatic carbocycles. The van der Waals surface area contributed by atoms with Gasteiger partial charge in [-0.1, -0.05) is 12.1 Å². The second kappa shape index (κ2) is 3.99. The summed E-state index contributed by atoms with van der Waals surface area (Å²) in [7, 11) is 0. The van der Waals surface area contributed by atoms with Crippen LogP contribution >= 0.6 is 0 Å². The summed E-state index contributed by atoms with van der Waals surface area (Å²) in [6.45, 7) is 6.14. The van der Waals surface area contributed by atoms with E-state index in [1.165, 1.54) is 11.1 Å². The fraction of sp³-hybridized carbons (Fsp3) is 0.214. The molecule has 17 heavy (non-hydrogen) atoms. The third-order valence-electron chi connectivity index (χ3n) is 3.06. The van der Waals surface area contributed by atoms with Gasteiger partial charge in [-0.15, -0.1) is 0 Å². The Hall–Kier alpha value is -2.21. The Morgan fingerprint density at radius 2 is 1.71 bits per heavy atom. The minimum absolute atomic E-state index is 0.181. The molecule has 0 aliphatic carbocycles. The number of rotatable bonds is 1. The Kier molecular flexibility index (Phi) is 2.64. The molecule has 0 aliphatic rings. The number of nitriles is 1. The molecule has 0 atom stereocenters. The molecule has 1 aromatic heterocycles. The van der Waals surface area contributed by atoms with Crippen molar-refractivity contribution in [3.05, 3.63) is 40.6 Å². The first-order valence-electron chi connectivity index (χ1n) is 5.40. The van der Waals surface area contributed by atoms with Crippen LogP contribution in [0.3, 0.4) is 0 Å². The molecule has 3 heteroatoms. The number of hydrogen-bond acceptors (Lipinski definition) is 3. The Morgan fingerprint density at radius 3 is 2.35 bits per heavy atom. The lowest BCUT2D eigenvalue weighted by Crippen LogP contribution is -1.91. The molecule has 2 N–H and O–H groups in total. The molecule has 0 unspecified atom stereocenters. The largest absolute Gasteiger partial charge is 0.447 e. The molecule has 2 aromatic rings. The predicted octanol–water partition coefficient (Wildman–Crippen LogP) is 3.33. The fourth-order valence-corrected chi connectivity index (χ4v) is 1.94. The van der Waals surface area contributed by atoms with Crippen LogP contribution < -0.4 is 5.73 Å². The van der Waals surface area contributed by atoms with Crippen LogP contribution in [0.25, 0.3) is 11.1 Å². The molecular formula is C14H14N2O. The molecule has 0 spiro atoms. The van der Waals surface area contributed by atoms with E-state index in [2.05, 4.69) is 25.1 Å². The second-order valence-electron chi connectivity index (χ2n) is 4.25. The van der Waals surface area contributed by atoms with Gasteiger partial charge < -0.3 is 10.2 Å². The molecule has 0 saturated heterocycles. The molecule has 2 rings (SSSR count). The first-order chi connectivity index (χ1) is 8.04. The van der Waals surface area contributed by atoms with Crippen LogP contribution in [0.2, 0.25) is 0 Å². The van der Waals surface area contributed by atoms with Crippen molar-refractivity contribution in [3.8, 4) is 17.2 Å². The number of hydrogen-bond donors (Lipinski definition) is 1. The highest BCUT2D eigenvalue weighted by Crippen LogP contribution is 2.32. The maximum atomic E-state index is 9.07. The lowest BCUT2D eigenvalue weighted by molar-refractivity contribution is 0.588. The molecule has 0 aliphatic heterocycles. The summed E-state index contributed by atoms with van der Waals surface area (Å²) >= 11 is 0. The van der Waals surface area contributed by atoms with E-state index in [0.717, 1.165) is 16.7 Å². The standard InChI is InChI=1S/C14H14N2O/c1-8-4-10(3)11(5-9(8)2)13-7-17-14(16)12(13)6-15/h4-5,7H,16H2,1-3H3. The van der Waals surface area contributed by atoms with Gasteiger partial charge in [-0.3, -0.25) is 0 Å². The fourth-order valence-electron chi connectivity index (χ4n) is 1.94. The van der Waals surface area contributed by atoms with Gasteiger partial charge in [-0.2, -0.15) is 5.26 Å². The SMILES string of the molecule is Cc1cc(C)c(-c2coc(N)c2C#N)cc1C. The van der Waals surface area contributed by atoms with Gasteiger partial charge in [0, 0.05) is 5.56 Å². The summed E-state index contributed by atoms with van der Waals surface area (Å²) in [5.74, 6) is 0.181. The summed E-state index contributed by atoms with van der Waals surface area (Å²) in [6, 6.07) is 6.26. The molecule has 3 nitrogen and oxygen atoms in total. The maximum absolute atomic E-state index is 9.07. The Balaban J connectivity index is 2.69. The number of benzene rings is 1. The Labute approximate surface area is 100 Å². The predicted molar refractivity (Wildman–Crippen MR) is 67.5 cm³/mol. The Morgan fingerprint density at radius 1 is 1.06 bits per heavy atom. The smallest absolute Gasteiger partial charge is 0.208 e. The zero-order valence-corrected chi connectivity index (χ0v) is 10.2. The van der Waals surface area contributed by atoms with Crippen molar-refractivity contribution >= 4 is 5.88 Å². The van der Waals surface area contributed by atoms with Gasteiger partial charge in [0.25, 0.3) is 0 Å². The lowest BCUT2D eigenvalue weighted by atomic mass is 9.95. The van der Waals surface area contributed by atoms with Crippen LogP contribution in [0, 0.1) is 32.1 Å². The normalized spacial score (nSPS) is 10.2. The topological polar surface area (TPSA) is 62.9 Å². The van der Waals surface area contributed by atoms with E-state index >= 15 is 0 Å². The monoisotopic (exact) mass is 226 g/mol. The van der Waals surface area contributed by atoms with Crippen LogP contribution in [-0.2, 0) is 0 Å². The molecule has 0 bridgehead atoms. The average Bonchev–Trinajstić information content (AvgIpc) is 2.64. The molecule has 0 fully saturated rings. The minimum Gasteiger partial charge on any atom is -0.447 e. The highest BCUT2D eigenvalue weighted by atomic mass is 16.3. The van der Waals surface area contributed by atoms with Crippen LogP contribution in [0.4, 0.5) is 5.88 Å². The number of nitrogen functional groups attached to an aromatic ring is 1. The quantitative estimate of drug-likeness (QED) is 0.811. The van der Waals surface area contributed by atoms with E-state index < -0.39 is 0 Å². The van der Waals surface area contributed by atoms with E-state index in [4.69, 9.17) is 15.4 Å². The van der Waals surface area contributed by atoms with Crippen molar-refractivity contribution in [2.24, 2.45) is 0 Å². The number of nitrogens with two attached hydrogens (primary N) is 1. The second-order valence-corrected chi connectivity index (χ2v) is 4.25. The maximum Gasteiger partial charge on any atom is 0.208 e. The first-order valence-corrected chi connectivity index (χ1v) is 5.40. The van der Waals surface area contributed by atoms with Crippen LogP contribution in [0.5, 0.6) is 0 Å². The van der Waals surface area contributed by atoms with E-state index in [1.54, 1.807) is 6.26 Å². The third kappa shape index (κ3) is 1.78. The Bertz CT molecular complexity index is 618. The summed E-state index contributed by atoms with van der Waals surface area (Å²) in [4.78, 5) is 0. The molecule has 86 valence electrons. The zero-order valence-electron chi connectivity index (χ0n) is 10.2. The van der Waals surface area contributed by atoms with Crippen LogP contribution in [-0.4, -0.2) is 0 Å². The van der Waals surface area contributed by atoms with E-state index in [0.29, 0.717) is 5.56 Å². The van der Waals surface area contributed by atoms with Crippen molar-refractivity contribution < 1.29 is 4.42 Å². The third-order valence-corrected chi connectivity index (χ3v) is 3.06. The van der Waals surface area contributed by atoms with Crippen molar-refractivity contribution in [2.75, 3.05) is 5.73 Å². The summed E-state index contributed by atoms with van der Waals surface area (Å²) < 4.78 is 5.12. The van der Waals surface area contributed by atoms with Crippen molar-refractivity contribution in [3.63, 3.8) is 0 Å². The van der Waals surface area contributed by atoms with E-state index in [9.17, 15) is 0 Å². The van der Waals surface area contributed by atoms with Crippen molar-refractivity contribution in [2.45, 2.75) is 20.8 Å². The van der Waals surface area contributed by atoms with Crippen molar-refractivity contribution in [1.29, 1.82) is 5.26 Å². The van der Waals surface area contributed by atoms with E-state index in [1.807, 2.05) is 13.8 Å². The number of nitrogens with zero attached hydrogens (tertiary/aromatic N) is 1. The first kappa shape index (κ1) is 11.3. The minimum atomic E-state index is 0.181. The van der Waals surface area contributed by atoms with Gasteiger partial charge in [-0.05, 0) is 43.0 Å². The number of anilines is 1. The number of aryl methyl sites for hydroxylation is 3. The molecular weight excluding hydrogens is 212 g/mol. The van der Waals surface area contributed by atoms with Crippen LogP contribution in [0.1, 0.15) is 22.3 Å². The van der Waals surface area contributed by atoms with Gasteiger partial charge in [0.15, 0.2) is 0 Å². The van der Waals surface area contributed by atoms with Gasteiger partial charge in [-0.25, -0.2) is 0 Å². The lowest BCUT2D eigenvalue weighted by Gasteiger charge is -2.08. The van der Waals surface area contributed by atoms with Gasteiger partial charge >= 0.3 is 0 Å². The van der Waals surface area contributed by atoms with Crippen LogP contribution in [0.15, 0.2) is 22.8 Å². The molecule has 1 heterocycles. The highest BCUT2D eigenvalue weighted by Gasteiger charge is 2.15. The molecule has 0 radical (unpaired) electrons. The van der Waals surface area contributed by atoms with E-state index in [-0.39, 0.29) is 5.88 Å². The average molecular weight is 226 g/mol. The zero-order chi connectivity index (χ0) is 12.6. The van der Waals surface area contributed by atoms with Crippen molar-refractivity contribution in [1.82, 2.24) is 0 Å². The summed E-state index contributed by atoms with van der Waals surface area (Å²) in [6.07, 6.45) is 1.55. The van der Waals surface area contributed by atoms with Gasteiger partial charge in [0.2, 0.25) is 5.88 Å². The molecule has 0 amide bonds. The summed E-state index contributed by atoms with van der Waals surface area (Å²) in [5.41, 5.74) is 11.3. The highest BCUT2D eigenvalue weighted by molar-refractivity contribution is 5.77. The summed E-state index contributed by atoms with van der Waals surface area (Å²) in [5, 5.41) is 9.07. The number of furan rings is 1. The molecule has 0 saturated carbocycles.